The molecule has 2 heterocycles. The second-order valence-corrected chi connectivity index (χ2v) is 9.23. The zero-order valence-corrected chi connectivity index (χ0v) is 21.2. The van der Waals surface area contributed by atoms with Crippen molar-refractivity contribution in [2.24, 2.45) is 0 Å². The normalized spacial score (nSPS) is 17.0. The van der Waals surface area contributed by atoms with Crippen molar-refractivity contribution in [3.05, 3.63) is 100 Å². The predicted octanol–water partition coefficient (Wildman–Crippen LogP) is 5.42. The first kappa shape index (κ1) is 24.2. The van der Waals surface area contributed by atoms with Crippen LogP contribution in [0.4, 0.5) is 0 Å². The van der Waals surface area contributed by atoms with E-state index in [2.05, 4.69) is 4.98 Å². The number of nitrogens with one attached hydrogen (secondary N) is 1. The van der Waals surface area contributed by atoms with E-state index in [4.69, 9.17) is 9.47 Å². The fourth-order valence-electron chi connectivity index (χ4n) is 5.16. The fourth-order valence-corrected chi connectivity index (χ4v) is 5.16. The van der Waals surface area contributed by atoms with Crippen LogP contribution in [0.15, 0.2) is 72.4 Å². The van der Waals surface area contributed by atoms with Gasteiger partial charge >= 0.3 is 0 Å². The van der Waals surface area contributed by atoms with Gasteiger partial charge in [0.1, 0.15) is 17.3 Å². The van der Waals surface area contributed by atoms with Gasteiger partial charge in [-0.3, -0.25) is 9.59 Å². The van der Waals surface area contributed by atoms with Crippen LogP contribution in [0.3, 0.4) is 0 Å². The number of aromatic amines is 1. The second kappa shape index (κ2) is 9.50. The first-order chi connectivity index (χ1) is 17.8. The highest BCUT2D eigenvalue weighted by molar-refractivity contribution is 6.46. The van der Waals surface area contributed by atoms with Crippen molar-refractivity contribution < 1.29 is 24.2 Å². The van der Waals surface area contributed by atoms with Gasteiger partial charge in [-0.25, -0.2) is 0 Å². The molecule has 0 spiro atoms. The highest BCUT2D eigenvalue weighted by Gasteiger charge is 2.47. The van der Waals surface area contributed by atoms with E-state index in [1.54, 1.807) is 19.4 Å². The Morgan fingerprint density at radius 1 is 1.00 bits per heavy atom. The molecule has 4 aromatic rings. The van der Waals surface area contributed by atoms with E-state index in [-0.39, 0.29) is 17.9 Å². The third-order valence-electron chi connectivity index (χ3n) is 6.85. The molecule has 188 valence electrons. The molecule has 1 aliphatic heterocycles. The molecule has 1 amide bonds. The number of nitrogens with zero attached hydrogens (tertiary/aromatic N) is 1. The summed E-state index contributed by atoms with van der Waals surface area (Å²) in [6.07, 6.45) is 1.80. The zero-order chi connectivity index (χ0) is 26.3. The van der Waals surface area contributed by atoms with Crippen molar-refractivity contribution in [1.29, 1.82) is 0 Å². The molecule has 0 aliphatic carbocycles. The number of carbonyl (C=O) groups is 2. The number of hydrogen-bond donors (Lipinski definition) is 2. The monoisotopic (exact) mass is 496 g/mol. The average molecular weight is 497 g/mol. The first-order valence-corrected chi connectivity index (χ1v) is 12.0. The molecule has 2 N–H and O–H groups in total. The lowest BCUT2D eigenvalue weighted by Crippen LogP contribution is -2.29. The summed E-state index contributed by atoms with van der Waals surface area (Å²) in [4.78, 5) is 31.8. The number of Topliss-reactive ketones (excluding diaryl/α,β-unsaturated/α-hetero) is 1. The SMILES string of the molecule is COc1ccc(CN2C(=O)C(=O)/C(=C(/O)c3cc(C)cc(C)c3OC)C2c2c[nH]c3ccccc23)cc1. The van der Waals surface area contributed by atoms with Gasteiger partial charge in [0.2, 0.25) is 0 Å². The minimum absolute atomic E-state index is 0.0339. The van der Waals surface area contributed by atoms with Gasteiger partial charge in [0, 0.05) is 29.2 Å². The number of aryl methyl sites for hydroxylation is 2. The van der Waals surface area contributed by atoms with Gasteiger partial charge in [0.25, 0.3) is 11.7 Å². The van der Waals surface area contributed by atoms with Crippen LogP contribution < -0.4 is 9.47 Å². The van der Waals surface area contributed by atoms with E-state index >= 15 is 0 Å². The Kier molecular flexibility index (Phi) is 6.21. The molecule has 0 bridgehead atoms. The molecule has 3 aromatic carbocycles. The number of aliphatic hydroxyl groups is 1. The number of H-pyrrole nitrogens is 1. The Hall–Kier alpha value is -4.52. The van der Waals surface area contributed by atoms with E-state index < -0.39 is 17.7 Å². The number of ketones is 1. The molecule has 1 unspecified atom stereocenters. The van der Waals surface area contributed by atoms with Gasteiger partial charge in [-0.15, -0.1) is 0 Å². The Balaban J connectivity index is 1.72. The Morgan fingerprint density at radius 3 is 2.43 bits per heavy atom. The van der Waals surface area contributed by atoms with Gasteiger partial charge in [-0.05, 0) is 54.8 Å². The number of methoxy groups -OCH3 is 2. The Bertz CT molecular complexity index is 1550. The molecular formula is C30H28N2O5. The van der Waals surface area contributed by atoms with Crippen molar-refractivity contribution in [2.45, 2.75) is 26.4 Å². The van der Waals surface area contributed by atoms with Crippen molar-refractivity contribution in [1.82, 2.24) is 9.88 Å². The number of benzene rings is 3. The van der Waals surface area contributed by atoms with Crippen LogP contribution in [0.5, 0.6) is 11.5 Å². The van der Waals surface area contributed by atoms with Crippen molar-refractivity contribution in [2.75, 3.05) is 14.2 Å². The predicted molar refractivity (Wildman–Crippen MR) is 142 cm³/mol. The number of amides is 1. The summed E-state index contributed by atoms with van der Waals surface area (Å²) < 4.78 is 10.8. The summed E-state index contributed by atoms with van der Waals surface area (Å²) >= 11 is 0. The van der Waals surface area contributed by atoms with Gasteiger partial charge in [0.05, 0.1) is 31.4 Å². The third-order valence-corrected chi connectivity index (χ3v) is 6.85. The third kappa shape index (κ3) is 4.12. The topological polar surface area (TPSA) is 91.9 Å². The van der Waals surface area contributed by atoms with Gasteiger partial charge in [-0.1, -0.05) is 36.4 Å². The molecule has 37 heavy (non-hydrogen) atoms. The lowest BCUT2D eigenvalue weighted by Gasteiger charge is -2.25. The van der Waals surface area contributed by atoms with E-state index in [0.29, 0.717) is 17.1 Å². The van der Waals surface area contributed by atoms with Crippen molar-refractivity contribution >= 4 is 28.4 Å². The molecule has 1 saturated heterocycles. The van der Waals surface area contributed by atoms with Gasteiger partial charge in [-0.2, -0.15) is 0 Å². The number of rotatable bonds is 6. The number of likely N-dealkylation sites (tertiary alicyclic amines) is 1. The lowest BCUT2D eigenvalue weighted by molar-refractivity contribution is -0.140. The number of carbonyl (C=O) groups excluding carboxylic acids is 2. The van der Waals surface area contributed by atoms with Crippen LogP contribution in [0.2, 0.25) is 0 Å². The molecule has 1 aromatic heterocycles. The van der Waals surface area contributed by atoms with Crippen LogP contribution in [-0.4, -0.2) is 40.9 Å². The van der Waals surface area contributed by atoms with Crippen LogP contribution in [-0.2, 0) is 16.1 Å². The summed E-state index contributed by atoms with van der Waals surface area (Å²) in [7, 11) is 3.11. The Labute approximate surface area is 214 Å². The standard InChI is InChI=1S/C30H28N2O5/c1-17-13-18(2)29(37-4)22(14-17)27(33)25-26(23-15-31-24-8-6-5-7-21(23)24)32(30(35)28(25)34)16-19-9-11-20(36-3)12-10-19/h5-15,26,31,33H,16H2,1-4H3/b27-25+. The van der Waals surface area contributed by atoms with E-state index in [9.17, 15) is 14.7 Å². The molecule has 0 radical (unpaired) electrons. The number of hydrogen-bond acceptors (Lipinski definition) is 5. The van der Waals surface area contributed by atoms with Crippen LogP contribution in [0.25, 0.3) is 16.7 Å². The van der Waals surface area contributed by atoms with E-state index in [0.717, 1.165) is 33.2 Å². The minimum Gasteiger partial charge on any atom is -0.507 e. The molecule has 7 nitrogen and oxygen atoms in total. The number of ether oxygens (including phenoxy) is 2. The smallest absolute Gasteiger partial charge is 0.295 e. The number of aromatic nitrogens is 1. The molecular weight excluding hydrogens is 468 g/mol. The zero-order valence-electron chi connectivity index (χ0n) is 21.2. The fraction of sp³-hybridized carbons (Fsp3) is 0.200. The van der Waals surface area contributed by atoms with Gasteiger partial charge in [0.15, 0.2) is 0 Å². The van der Waals surface area contributed by atoms with E-state index in [1.807, 2.05) is 68.4 Å². The molecule has 5 rings (SSSR count). The summed E-state index contributed by atoms with van der Waals surface area (Å²) in [6.45, 7) is 3.96. The average Bonchev–Trinajstić information content (AvgIpc) is 3.42. The summed E-state index contributed by atoms with van der Waals surface area (Å²) in [5.74, 6) is -0.504. The summed E-state index contributed by atoms with van der Waals surface area (Å²) in [5.41, 5.74) is 4.57. The van der Waals surface area contributed by atoms with Crippen LogP contribution >= 0.6 is 0 Å². The molecule has 1 fully saturated rings. The molecule has 1 atom stereocenters. The highest BCUT2D eigenvalue weighted by Crippen LogP contribution is 2.44. The second-order valence-electron chi connectivity index (χ2n) is 9.23. The van der Waals surface area contributed by atoms with E-state index in [1.165, 1.54) is 12.0 Å². The van der Waals surface area contributed by atoms with Crippen molar-refractivity contribution in [3.8, 4) is 11.5 Å². The molecule has 1 aliphatic rings. The Morgan fingerprint density at radius 2 is 1.73 bits per heavy atom. The molecule has 0 saturated carbocycles. The lowest BCUT2D eigenvalue weighted by atomic mass is 9.93. The summed E-state index contributed by atoms with van der Waals surface area (Å²) in [6, 6.07) is 17.9. The van der Waals surface area contributed by atoms with Crippen molar-refractivity contribution in [3.63, 3.8) is 0 Å². The van der Waals surface area contributed by atoms with Crippen LogP contribution in [0.1, 0.15) is 33.9 Å². The maximum absolute atomic E-state index is 13.6. The maximum Gasteiger partial charge on any atom is 0.295 e. The summed E-state index contributed by atoms with van der Waals surface area (Å²) in [5, 5.41) is 12.5. The number of aliphatic hydroxyl groups excluding tert-OH is 1. The largest absolute Gasteiger partial charge is 0.507 e. The highest BCUT2D eigenvalue weighted by atomic mass is 16.5. The number of fused-ring (bicyclic) bond motifs is 1. The van der Waals surface area contributed by atoms with Gasteiger partial charge < -0.3 is 24.5 Å². The first-order valence-electron chi connectivity index (χ1n) is 12.0. The number of para-hydroxylation sites is 1. The quantitative estimate of drug-likeness (QED) is 0.211. The van der Waals surface area contributed by atoms with Crippen LogP contribution in [0, 0.1) is 13.8 Å². The maximum atomic E-state index is 13.6. The molecule has 7 heteroatoms. The minimum atomic E-state index is -0.802.